The molecule has 0 spiro atoms. The van der Waals surface area contributed by atoms with Crippen LogP contribution >= 0.6 is 11.8 Å². The molecule has 0 aromatic heterocycles. The second-order valence-electron chi connectivity index (χ2n) is 18.7. The van der Waals surface area contributed by atoms with Crippen molar-refractivity contribution in [3.63, 3.8) is 0 Å². The maximum Gasteiger partial charge on any atom is 0.408 e. The molecule has 0 saturated carbocycles. The summed E-state index contributed by atoms with van der Waals surface area (Å²) in [6.07, 6.45) is -0.127. The summed E-state index contributed by atoms with van der Waals surface area (Å²) in [4.78, 5) is 120. The van der Waals surface area contributed by atoms with Crippen molar-refractivity contribution in [3.05, 3.63) is 108 Å². The van der Waals surface area contributed by atoms with Gasteiger partial charge in [0.1, 0.15) is 48.0 Å². The third-order valence-corrected chi connectivity index (χ3v) is 10.8. The smallest absolute Gasteiger partial charge is 0.408 e. The van der Waals surface area contributed by atoms with Gasteiger partial charge in [-0.1, -0.05) is 91.0 Å². The summed E-state index contributed by atoms with van der Waals surface area (Å²) >= 11 is 1.42. The fourth-order valence-electron chi connectivity index (χ4n) is 6.69. The van der Waals surface area contributed by atoms with Crippen LogP contribution in [0, 0.1) is 0 Å². The average Bonchev–Trinajstić information content (AvgIpc) is 3.31. The van der Waals surface area contributed by atoms with Crippen molar-refractivity contribution in [2.45, 2.75) is 128 Å². The molecule has 20 nitrogen and oxygen atoms in total. The fourth-order valence-corrected chi connectivity index (χ4v) is 7.17. The summed E-state index contributed by atoms with van der Waals surface area (Å²) in [7, 11) is 0. The molecular formula is C51H70N8O12S. The molecule has 3 aromatic carbocycles. The van der Waals surface area contributed by atoms with Gasteiger partial charge in [0.15, 0.2) is 0 Å². The summed E-state index contributed by atoms with van der Waals surface area (Å²) in [5.41, 5.74) is 5.83. The Hall–Kier alpha value is -7.16. The first-order chi connectivity index (χ1) is 34.0. The first-order valence-corrected chi connectivity index (χ1v) is 24.9. The number of thioether (sulfide) groups is 1. The Bertz CT molecular complexity index is 2260. The molecule has 0 heterocycles. The van der Waals surface area contributed by atoms with E-state index in [0.717, 1.165) is 0 Å². The predicted octanol–water partition coefficient (Wildman–Crippen LogP) is 3.10. The minimum absolute atomic E-state index is 0.00276. The highest BCUT2D eigenvalue weighted by Crippen LogP contribution is 2.12. The monoisotopic (exact) mass is 1020 g/mol. The number of hydrogen-bond acceptors (Lipinski definition) is 13. The highest BCUT2D eigenvalue weighted by molar-refractivity contribution is 7.98. The van der Waals surface area contributed by atoms with Crippen molar-refractivity contribution in [2.24, 2.45) is 5.73 Å². The first-order valence-electron chi connectivity index (χ1n) is 23.5. The summed E-state index contributed by atoms with van der Waals surface area (Å²) in [6, 6.07) is 19.7. The van der Waals surface area contributed by atoms with Gasteiger partial charge in [-0.25, -0.2) is 9.59 Å². The van der Waals surface area contributed by atoms with E-state index >= 15 is 0 Å². The minimum atomic E-state index is -1.55. The van der Waals surface area contributed by atoms with Crippen LogP contribution in [-0.2, 0) is 67.2 Å². The van der Waals surface area contributed by atoms with Crippen LogP contribution in [0.15, 0.2) is 91.0 Å². The Balaban J connectivity index is 1.85. The molecule has 0 fully saturated rings. The summed E-state index contributed by atoms with van der Waals surface area (Å²) in [5.74, 6) is -5.34. The largest absolute Gasteiger partial charge is 0.461 e. The average molecular weight is 1020 g/mol. The molecule has 392 valence electrons. The minimum Gasteiger partial charge on any atom is -0.461 e. The number of nitrogens with two attached hydrogens (primary N) is 1. The van der Waals surface area contributed by atoms with E-state index in [1.165, 1.54) is 11.8 Å². The van der Waals surface area contributed by atoms with Crippen molar-refractivity contribution in [2.75, 3.05) is 25.1 Å². The molecular weight excluding hydrogens is 949 g/mol. The van der Waals surface area contributed by atoms with Crippen molar-refractivity contribution in [1.29, 1.82) is 0 Å². The summed E-state index contributed by atoms with van der Waals surface area (Å²) in [6.45, 7) is 9.35. The zero-order valence-electron chi connectivity index (χ0n) is 42.0. The van der Waals surface area contributed by atoms with Gasteiger partial charge in [-0.2, -0.15) is 11.8 Å². The second kappa shape index (κ2) is 29.9. The van der Waals surface area contributed by atoms with Crippen LogP contribution in [0.2, 0.25) is 0 Å². The molecule has 0 aliphatic carbocycles. The van der Waals surface area contributed by atoms with Gasteiger partial charge in [0.05, 0.1) is 13.0 Å². The molecule has 3 aromatic rings. The third-order valence-electron chi connectivity index (χ3n) is 10.1. The maximum absolute atomic E-state index is 14.4. The molecule has 0 aliphatic rings. The quantitative estimate of drug-likeness (QED) is 0.0310. The number of nitrogens with one attached hydrogen (secondary N) is 7. The lowest BCUT2D eigenvalue weighted by molar-refractivity contribution is -0.147. The number of amides is 8. The van der Waals surface area contributed by atoms with E-state index in [2.05, 4.69) is 37.2 Å². The molecule has 9 N–H and O–H groups in total. The Labute approximate surface area is 425 Å². The van der Waals surface area contributed by atoms with E-state index < -0.39 is 108 Å². The van der Waals surface area contributed by atoms with E-state index in [0.29, 0.717) is 22.4 Å². The SMILES string of the molecule is CSCC[C@H](NC(=O)[C@H](CC(=O)OCc1ccccc1)NC(=O)CNC(=O)[C@H](Cc1ccccc1)NC(=O)[C@H](Cc1ccccc1)NC(=O)[C@H](CCCNC(=O)OC(C)(C)C)NC(=O)OC(C)(C)C)C(N)=O. The van der Waals surface area contributed by atoms with Gasteiger partial charge in [-0.05, 0) is 89.5 Å². The van der Waals surface area contributed by atoms with Crippen LogP contribution in [0.4, 0.5) is 9.59 Å². The number of rotatable bonds is 27. The topological polar surface area (TPSA) is 292 Å². The lowest BCUT2D eigenvalue weighted by atomic mass is 10.0. The Morgan fingerprint density at radius 3 is 1.53 bits per heavy atom. The highest BCUT2D eigenvalue weighted by atomic mass is 32.2. The van der Waals surface area contributed by atoms with Crippen LogP contribution in [0.25, 0.3) is 0 Å². The van der Waals surface area contributed by atoms with E-state index in [9.17, 15) is 43.2 Å². The van der Waals surface area contributed by atoms with Crippen molar-refractivity contribution in [3.8, 4) is 0 Å². The first kappa shape index (κ1) is 59.2. The predicted molar refractivity (Wildman–Crippen MR) is 271 cm³/mol. The van der Waals surface area contributed by atoms with Crippen molar-refractivity contribution >= 4 is 65.4 Å². The molecule has 0 bridgehead atoms. The third kappa shape index (κ3) is 24.1. The van der Waals surface area contributed by atoms with Gasteiger partial charge in [0, 0.05) is 19.4 Å². The lowest BCUT2D eigenvalue weighted by Crippen LogP contribution is -2.58. The van der Waals surface area contributed by atoms with Crippen LogP contribution in [-0.4, -0.2) is 120 Å². The number of esters is 1. The normalized spacial score (nSPS) is 13.3. The molecule has 0 aliphatic heterocycles. The van der Waals surface area contributed by atoms with E-state index in [1.54, 1.807) is 139 Å². The molecule has 0 saturated heterocycles. The zero-order valence-corrected chi connectivity index (χ0v) is 42.8. The second-order valence-corrected chi connectivity index (χ2v) is 19.7. The highest BCUT2D eigenvalue weighted by Gasteiger charge is 2.33. The number of hydrogen-bond donors (Lipinski definition) is 8. The zero-order chi connectivity index (χ0) is 53.3. The number of benzene rings is 3. The molecule has 0 unspecified atom stereocenters. The van der Waals surface area contributed by atoms with Crippen molar-refractivity contribution < 1.29 is 57.4 Å². The molecule has 21 heteroatoms. The Kier molecular flexibility index (Phi) is 24.6. The summed E-state index contributed by atoms with van der Waals surface area (Å²) in [5, 5.41) is 18.1. The van der Waals surface area contributed by atoms with E-state index in [1.807, 2.05) is 0 Å². The van der Waals surface area contributed by atoms with Gasteiger partial charge in [0.2, 0.25) is 35.4 Å². The van der Waals surface area contributed by atoms with Gasteiger partial charge in [-0.3, -0.25) is 33.6 Å². The lowest BCUT2D eigenvalue weighted by Gasteiger charge is -2.27. The number of alkyl carbamates (subject to hydrolysis) is 2. The summed E-state index contributed by atoms with van der Waals surface area (Å²) < 4.78 is 16.1. The van der Waals surface area contributed by atoms with Gasteiger partial charge in [-0.15, -0.1) is 0 Å². The number of carbonyl (C=O) groups is 9. The van der Waals surface area contributed by atoms with Gasteiger partial charge >= 0.3 is 18.2 Å². The maximum atomic E-state index is 14.4. The molecule has 8 amide bonds. The van der Waals surface area contributed by atoms with Crippen LogP contribution in [0.3, 0.4) is 0 Å². The Morgan fingerprint density at radius 2 is 1.01 bits per heavy atom. The standard InChI is InChI=1S/C51H70N8O12S/c1-50(2,3)70-48(67)53-26-17-24-37(59-49(68)71-51(4,5)6)45(64)58-39(29-34-20-13-9-14-21-34)46(65)57-38(28-33-18-11-8-12-19-33)44(63)54-31-41(60)55-40(47(66)56-36(43(52)62)25-27-72-7)30-42(61)69-32-35-22-15-10-16-23-35/h8-16,18-23,36-40H,17,24-32H2,1-7H3,(H2,52,62)(H,53,67)(H,54,63)(H,55,60)(H,56,66)(H,57,65)(H,58,64)(H,59,68)/t36-,37-,38-,39-,40-/m0/s1. The molecule has 3 rings (SSSR count). The van der Waals surface area contributed by atoms with E-state index in [4.69, 9.17) is 19.9 Å². The molecule has 0 radical (unpaired) electrons. The van der Waals surface area contributed by atoms with Crippen molar-refractivity contribution in [1.82, 2.24) is 37.2 Å². The van der Waals surface area contributed by atoms with Crippen LogP contribution in [0.1, 0.15) is 83.9 Å². The Morgan fingerprint density at radius 1 is 0.542 bits per heavy atom. The van der Waals surface area contributed by atoms with Gasteiger partial charge < -0.3 is 57.2 Å². The van der Waals surface area contributed by atoms with Crippen LogP contribution < -0.4 is 43.0 Å². The number of primary amides is 1. The van der Waals surface area contributed by atoms with Gasteiger partial charge in [0.25, 0.3) is 0 Å². The van der Waals surface area contributed by atoms with E-state index in [-0.39, 0.29) is 45.3 Å². The van der Waals surface area contributed by atoms with Crippen LogP contribution in [0.5, 0.6) is 0 Å². The molecule has 5 atom stereocenters. The number of carbonyl (C=O) groups excluding carboxylic acids is 9. The fraction of sp³-hybridized carbons (Fsp3) is 0.471. The number of ether oxygens (including phenoxy) is 3. The molecule has 72 heavy (non-hydrogen) atoms.